The fourth-order valence-corrected chi connectivity index (χ4v) is 2.03. The van der Waals surface area contributed by atoms with E-state index in [1.807, 2.05) is 6.92 Å². The lowest BCUT2D eigenvalue weighted by molar-refractivity contribution is 0.228. The van der Waals surface area contributed by atoms with E-state index in [0.29, 0.717) is 15.6 Å². The minimum Gasteiger partial charge on any atom is -0.384 e. The second-order valence-electron chi connectivity index (χ2n) is 2.73. The molecule has 14 heavy (non-hydrogen) atoms. The van der Waals surface area contributed by atoms with Gasteiger partial charge in [0.2, 0.25) is 0 Å². The van der Waals surface area contributed by atoms with Gasteiger partial charge in [-0.15, -0.1) is 0 Å². The number of benzene rings is 1. The Morgan fingerprint density at radius 2 is 2.07 bits per heavy atom. The van der Waals surface area contributed by atoms with Gasteiger partial charge in [0.25, 0.3) is 0 Å². The highest BCUT2D eigenvalue weighted by atomic mass is 79.9. The molecule has 0 aliphatic rings. The Balaban J connectivity index is 3.24. The molecule has 0 spiro atoms. The zero-order valence-corrected chi connectivity index (χ0v) is 10.6. The number of hydrogen-bond donors (Lipinski definition) is 1. The van der Waals surface area contributed by atoms with Crippen LogP contribution in [0, 0.1) is 0 Å². The zero-order valence-electron chi connectivity index (χ0n) is 7.47. The lowest BCUT2D eigenvalue weighted by Gasteiger charge is -2.11. The predicted octanol–water partition coefficient (Wildman–Crippen LogP) is 4.37. The number of halogens is 3. The van der Waals surface area contributed by atoms with Gasteiger partial charge in [-0.05, 0) is 35.0 Å². The van der Waals surface area contributed by atoms with Gasteiger partial charge in [-0.2, -0.15) is 0 Å². The molecule has 0 radical (unpaired) electrons. The van der Waals surface area contributed by atoms with Crippen LogP contribution in [0.2, 0.25) is 10.0 Å². The van der Waals surface area contributed by atoms with Gasteiger partial charge in [-0.1, -0.05) is 35.4 Å². The van der Waals surface area contributed by atoms with E-state index >= 15 is 0 Å². The number of rotatable bonds is 2. The summed E-state index contributed by atoms with van der Waals surface area (Å²) < 4.78 is 0.724. The van der Waals surface area contributed by atoms with Crippen molar-refractivity contribution < 1.29 is 5.11 Å². The first kappa shape index (κ1) is 12.1. The fraction of sp³-hybridized carbons (Fsp3) is 0.200. The van der Waals surface area contributed by atoms with Crippen LogP contribution >= 0.6 is 39.1 Å². The molecule has 1 N–H and O–H groups in total. The van der Waals surface area contributed by atoms with E-state index in [0.717, 1.165) is 4.47 Å². The van der Waals surface area contributed by atoms with Gasteiger partial charge in [-0.3, -0.25) is 0 Å². The molecule has 1 atom stereocenters. The van der Waals surface area contributed by atoms with Crippen LogP contribution in [0.15, 0.2) is 28.8 Å². The van der Waals surface area contributed by atoms with Crippen molar-refractivity contribution in [3.05, 3.63) is 44.4 Å². The van der Waals surface area contributed by atoms with Gasteiger partial charge in [0.15, 0.2) is 0 Å². The van der Waals surface area contributed by atoms with Crippen LogP contribution in [0.1, 0.15) is 18.6 Å². The van der Waals surface area contributed by atoms with Gasteiger partial charge >= 0.3 is 0 Å². The largest absolute Gasteiger partial charge is 0.384 e. The van der Waals surface area contributed by atoms with Crippen LogP contribution in [-0.4, -0.2) is 5.11 Å². The average Bonchev–Trinajstić information content (AvgIpc) is 2.13. The summed E-state index contributed by atoms with van der Waals surface area (Å²) >= 11 is 15.2. The third-order valence-corrected chi connectivity index (χ3v) is 3.38. The van der Waals surface area contributed by atoms with Crippen LogP contribution in [-0.2, 0) is 0 Å². The molecule has 1 rings (SSSR count). The predicted molar refractivity (Wildman–Crippen MR) is 63.9 cm³/mol. The molecule has 0 heterocycles. The first-order valence-corrected chi connectivity index (χ1v) is 5.57. The van der Waals surface area contributed by atoms with Gasteiger partial charge in [0, 0.05) is 15.1 Å². The van der Waals surface area contributed by atoms with Crippen molar-refractivity contribution in [2.24, 2.45) is 0 Å². The van der Waals surface area contributed by atoms with Crippen molar-refractivity contribution in [3.8, 4) is 0 Å². The fourth-order valence-electron chi connectivity index (χ4n) is 1.09. The normalized spacial score (nSPS) is 13.5. The lowest BCUT2D eigenvalue weighted by atomic mass is 10.1. The minimum atomic E-state index is -0.766. The molecule has 0 aliphatic carbocycles. The van der Waals surface area contributed by atoms with Crippen LogP contribution in [0.3, 0.4) is 0 Å². The number of hydrogen-bond acceptors (Lipinski definition) is 1. The molecule has 1 nitrogen and oxygen atoms in total. The molecule has 0 aliphatic heterocycles. The van der Waals surface area contributed by atoms with E-state index in [1.54, 1.807) is 24.3 Å². The standard InChI is InChI=1S/C10H9BrCl2O/c1-2-3-8(14)9-7(12)5-4-6(11)10(9)13/h2-5,8,14H,1H3/b3-2+. The van der Waals surface area contributed by atoms with Crippen LogP contribution in [0.25, 0.3) is 0 Å². The van der Waals surface area contributed by atoms with Crippen LogP contribution in [0.5, 0.6) is 0 Å². The topological polar surface area (TPSA) is 20.2 Å². The molecular weight excluding hydrogens is 287 g/mol. The Morgan fingerprint density at radius 3 is 2.64 bits per heavy atom. The van der Waals surface area contributed by atoms with Gasteiger partial charge in [0.05, 0.1) is 5.02 Å². The Kier molecular flexibility index (Phi) is 4.45. The Hall–Kier alpha value is -0.0200. The summed E-state index contributed by atoms with van der Waals surface area (Å²) in [5.74, 6) is 0. The quantitative estimate of drug-likeness (QED) is 0.635. The van der Waals surface area contributed by atoms with E-state index in [9.17, 15) is 5.11 Å². The maximum absolute atomic E-state index is 9.73. The van der Waals surface area contributed by atoms with Crippen molar-refractivity contribution in [3.63, 3.8) is 0 Å². The number of allylic oxidation sites excluding steroid dienone is 1. The molecule has 1 unspecified atom stereocenters. The zero-order chi connectivity index (χ0) is 10.7. The van der Waals surface area contributed by atoms with Crippen molar-refractivity contribution >= 4 is 39.1 Å². The van der Waals surface area contributed by atoms with Crippen LogP contribution in [0.4, 0.5) is 0 Å². The minimum absolute atomic E-state index is 0.447. The maximum Gasteiger partial charge on any atom is 0.100 e. The van der Waals surface area contributed by atoms with Crippen molar-refractivity contribution in [1.29, 1.82) is 0 Å². The summed E-state index contributed by atoms with van der Waals surface area (Å²) in [6, 6.07) is 3.44. The molecule has 0 aromatic heterocycles. The summed E-state index contributed by atoms with van der Waals surface area (Å²) in [4.78, 5) is 0. The third-order valence-electron chi connectivity index (χ3n) is 1.75. The first-order chi connectivity index (χ1) is 6.57. The summed E-state index contributed by atoms with van der Waals surface area (Å²) in [6.45, 7) is 1.82. The van der Waals surface area contributed by atoms with E-state index in [2.05, 4.69) is 15.9 Å². The molecule has 0 saturated heterocycles. The van der Waals surface area contributed by atoms with E-state index in [4.69, 9.17) is 23.2 Å². The van der Waals surface area contributed by atoms with Crippen LogP contribution < -0.4 is 0 Å². The highest BCUT2D eigenvalue weighted by Crippen LogP contribution is 2.36. The Labute approximate surface area is 101 Å². The monoisotopic (exact) mass is 294 g/mol. The smallest absolute Gasteiger partial charge is 0.100 e. The molecule has 76 valence electrons. The first-order valence-electron chi connectivity index (χ1n) is 4.02. The second kappa shape index (κ2) is 5.17. The van der Waals surface area contributed by atoms with Gasteiger partial charge in [-0.25, -0.2) is 0 Å². The highest BCUT2D eigenvalue weighted by Gasteiger charge is 2.14. The Morgan fingerprint density at radius 1 is 1.43 bits per heavy atom. The average molecular weight is 296 g/mol. The summed E-state index contributed by atoms with van der Waals surface area (Å²) in [6.07, 6.45) is 2.61. The molecular formula is C10H9BrCl2O. The van der Waals surface area contributed by atoms with E-state index in [1.165, 1.54) is 0 Å². The van der Waals surface area contributed by atoms with Crippen molar-refractivity contribution in [2.75, 3.05) is 0 Å². The van der Waals surface area contributed by atoms with Gasteiger partial charge in [0.1, 0.15) is 6.10 Å². The van der Waals surface area contributed by atoms with Gasteiger partial charge < -0.3 is 5.11 Å². The molecule has 0 fully saturated rings. The Bertz CT molecular complexity index is 363. The molecule has 4 heteroatoms. The number of aliphatic hydroxyl groups is 1. The SMILES string of the molecule is C/C=C/C(O)c1c(Cl)ccc(Br)c1Cl. The summed E-state index contributed by atoms with van der Waals surface area (Å²) in [7, 11) is 0. The van der Waals surface area contributed by atoms with Crippen molar-refractivity contribution in [2.45, 2.75) is 13.0 Å². The second-order valence-corrected chi connectivity index (χ2v) is 4.37. The molecule has 0 bridgehead atoms. The summed E-state index contributed by atoms with van der Waals surface area (Å²) in [5.41, 5.74) is 0.529. The molecule has 1 aromatic carbocycles. The number of aliphatic hydroxyl groups excluding tert-OH is 1. The molecule has 0 saturated carbocycles. The van der Waals surface area contributed by atoms with E-state index in [-0.39, 0.29) is 0 Å². The maximum atomic E-state index is 9.73. The van der Waals surface area contributed by atoms with E-state index < -0.39 is 6.10 Å². The molecule has 0 amide bonds. The molecule has 1 aromatic rings. The highest BCUT2D eigenvalue weighted by molar-refractivity contribution is 9.10. The van der Waals surface area contributed by atoms with Crippen molar-refractivity contribution in [1.82, 2.24) is 0 Å². The summed E-state index contributed by atoms with van der Waals surface area (Å²) in [5, 5.41) is 10.6. The third kappa shape index (κ3) is 2.51. The lowest BCUT2D eigenvalue weighted by Crippen LogP contribution is -1.96.